The summed E-state index contributed by atoms with van der Waals surface area (Å²) in [6.07, 6.45) is 7.13. The van der Waals surface area contributed by atoms with Crippen molar-refractivity contribution in [3.8, 4) is 0 Å². The molecular weight excluding hydrogens is 224 g/mol. The van der Waals surface area contributed by atoms with Crippen LogP contribution in [-0.4, -0.2) is 20.4 Å². The first kappa shape index (κ1) is 9.41. The second kappa shape index (κ2) is 3.43. The Kier molecular flexibility index (Phi) is 1.80. The van der Waals surface area contributed by atoms with Crippen LogP contribution in [0.5, 0.6) is 0 Å². The van der Waals surface area contributed by atoms with Crippen LogP contribution in [0.4, 0.5) is 0 Å². The van der Waals surface area contributed by atoms with Gasteiger partial charge < -0.3 is 0 Å². The summed E-state index contributed by atoms with van der Waals surface area (Å²) >= 11 is 0. The zero-order valence-electron chi connectivity index (χ0n) is 9.41. The van der Waals surface area contributed by atoms with Gasteiger partial charge in [0.15, 0.2) is 0 Å². The highest BCUT2D eigenvalue weighted by Crippen LogP contribution is 2.25. The molecule has 0 amide bonds. The summed E-state index contributed by atoms with van der Waals surface area (Å²) in [5.41, 5.74) is 0. The maximum atomic E-state index is 3.91. The number of hydrogen-bond acceptors (Lipinski definition) is 4. The fraction of sp³-hybridized carbons (Fsp3) is 0. The van der Waals surface area contributed by atoms with Crippen molar-refractivity contribution in [3.05, 3.63) is 49.1 Å². The Hall–Kier alpha value is -2.62. The maximum absolute atomic E-state index is 3.91. The number of aromatic nitrogens is 4. The van der Waals surface area contributed by atoms with Crippen molar-refractivity contribution >= 4 is 32.3 Å². The summed E-state index contributed by atoms with van der Waals surface area (Å²) in [5.74, 6) is 0. The average molecular weight is 232 g/mol. The van der Waals surface area contributed by atoms with Crippen LogP contribution >= 0.6 is 0 Å². The highest BCUT2D eigenvalue weighted by atomic mass is 15.1. The SMILES string of the molecule is c1nncc2cc3cc4cnncc4cc3cc12. The molecular formula is C14H8N4. The van der Waals surface area contributed by atoms with Crippen LogP contribution in [-0.2, 0) is 0 Å². The molecule has 4 aromatic rings. The van der Waals surface area contributed by atoms with Gasteiger partial charge in [-0.25, -0.2) is 0 Å². The van der Waals surface area contributed by atoms with E-state index >= 15 is 0 Å². The van der Waals surface area contributed by atoms with Crippen LogP contribution in [0.2, 0.25) is 0 Å². The number of nitrogens with zero attached hydrogens (tertiary/aromatic N) is 4. The Morgan fingerprint density at radius 3 is 0.944 bits per heavy atom. The normalized spacial score (nSPS) is 11.3. The minimum atomic E-state index is 1.10. The summed E-state index contributed by atoms with van der Waals surface area (Å²) in [6, 6.07) is 8.50. The Balaban J connectivity index is 2.20. The molecule has 84 valence electrons. The van der Waals surface area contributed by atoms with Crippen molar-refractivity contribution in [1.29, 1.82) is 0 Å². The number of rotatable bonds is 0. The molecule has 4 nitrogen and oxygen atoms in total. The number of hydrogen-bond donors (Lipinski definition) is 0. The summed E-state index contributed by atoms with van der Waals surface area (Å²) < 4.78 is 0. The monoisotopic (exact) mass is 232 g/mol. The van der Waals surface area contributed by atoms with Crippen molar-refractivity contribution < 1.29 is 0 Å². The first-order chi connectivity index (χ1) is 8.90. The Labute approximate surface area is 102 Å². The van der Waals surface area contributed by atoms with Crippen molar-refractivity contribution in [3.63, 3.8) is 0 Å². The van der Waals surface area contributed by atoms with Crippen LogP contribution in [0.1, 0.15) is 0 Å². The van der Waals surface area contributed by atoms with Crippen molar-refractivity contribution in [1.82, 2.24) is 20.4 Å². The van der Waals surface area contributed by atoms with Gasteiger partial charge in [0.05, 0.1) is 24.8 Å². The lowest BCUT2D eigenvalue weighted by atomic mass is 10.0. The largest absolute Gasteiger partial charge is 0.158 e. The zero-order chi connectivity index (χ0) is 11.9. The van der Waals surface area contributed by atoms with E-state index in [1.807, 2.05) is 0 Å². The van der Waals surface area contributed by atoms with E-state index in [0.29, 0.717) is 0 Å². The molecule has 4 heteroatoms. The van der Waals surface area contributed by atoms with Crippen LogP contribution in [0.15, 0.2) is 49.1 Å². The molecule has 0 unspecified atom stereocenters. The molecule has 0 aliphatic rings. The Morgan fingerprint density at radius 1 is 0.389 bits per heavy atom. The molecule has 0 N–H and O–H groups in total. The van der Waals surface area contributed by atoms with Gasteiger partial charge in [-0.3, -0.25) is 0 Å². The van der Waals surface area contributed by atoms with E-state index in [-0.39, 0.29) is 0 Å². The fourth-order valence-electron chi connectivity index (χ4n) is 2.25. The lowest BCUT2D eigenvalue weighted by Gasteiger charge is -2.03. The second-order valence-corrected chi connectivity index (χ2v) is 4.29. The van der Waals surface area contributed by atoms with Gasteiger partial charge in [-0.05, 0) is 35.0 Å². The minimum Gasteiger partial charge on any atom is -0.158 e. The van der Waals surface area contributed by atoms with Gasteiger partial charge in [-0.1, -0.05) is 0 Å². The van der Waals surface area contributed by atoms with E-state index in [1.165, 1.54) is 10.8 Å². The third-order valence-electron chi connectivity index (χ3n) is 3.16. The molecule has 0 spiro atoms. The molecule has 18 heavy (non-hydrogen) atoms. The van der Waals surface area contributed by atoms with E-state index < -0.39 is 0 Å². The van der Waals surface area contributed by atoms with Crippen molar-refractivity contribution in [2.75, 3.05) is 0 Å². The lowest BCUT2D eigenvalue weighted by Crippen LogP contribution is -1.84. The highest BCUT2D eigenvalue weighted by molar-refractivity contribution is 6.03. The quantitative estimate of drug-likeness (QED) is 0.437. The molecule has 0 atom stereocenters. The number of benzene rings is 2. The smallest absolute Gasteiger partial charge is 0.0574 e. The topological polar surface area (TPSA) is 51.6 Å². The molecule has 0 radical (unpaired) electrons. The predicted octanol–water partition coefficient (Wildman–Crippen LogP) is 2.73. The molecule has 0 saturated heterocycles. The summed E-state index contributed by atoms with van der Waals surface area (Å²) in [6.45, 7) is 0. The summed E-state index contributed by atoms with van der Waals surface area (Å²) in [7, 11) is 0. The molecule has 2 heterocycles. The van der Waals surface area contributed by atoms with Gasteiger partial charge >= 0.3 is 0 Å². The fourth-order valence-corrected chi connectivity index (χ4v) is 2.25. The predicted molar refractivity (Wildman–Crippen MR) is 70.1 cm³/mol. The van der Waals surface area contributed by atoms with E-state index in [2.05, 4.69) is 44.7 Å². The third kappa shape index (κ3) is 1.32. The molecule has 2 aromatic heterocycles. The molecule has 4 rings (SSSR count). The van der Waals surface area contributed by atoms with Gasteiger partial charge in [-0.15, -0.1) is 0 Å². The molecule has 0 aliphatic heterocycles. The van der Waals surface area contributed by atoms with Gasteiger partial charge in [0.25, 0.3) is 0 Å². The van der Waals surface area contributed by atoms with Crippen molar-refractivity contribution in [2.24, 2.45) is 0 Å². The van der Waals surface area contributed by atoms with E-state index in [0.717, 1.165) is 21.5 Å². The van der Waals surface area contributed by atoms with Crippen LogP contribution < -0.4 is 0 Å². The molecule has 0 bridgehead atoms. The van der Waals surface area contributed by atoms with E-state index in [4.69, 9.17) is 0 Å². The Morgan fingerprint density at radius 2 is 0.667 bits per heavy atom. The second-order valence-electron chi connectivity index (χ2n) is 4.29. The van der Waals surface area contributed by atoms with Crippen molar-refractivity contribution in [2.45, 2.75) is 0 Å². The van der Waals surface area contributed by atoms with E-state index in [1.54, 1.807) is 24.8 Å². The van der Waals surface area contributed by atoms with Crippen LogP contribution in [0, 0.1) is 0 Å². The molecule has 0 fully saturated rings. The van der Waals surface area contributed by atoms with E-state index in [9.17, 15) is 0 Å². The van der Waals surface area contributed by atoms with Gasteiger partial charge in [0, 0.05) is 21.5 Å². The molecule has 2 aromatic carbocycles. The molecule has 0 saturated carbocycles. The third-order valence-corrected chi connectivity index (χ3v) is 3.16. The standard InChI is InChI=1S/C14H8N4/c1-9-2-13-7-17-18-8-14(13)4-10(9)3-12-6-16-15-5-11(1)12/h1-8H. The summed E-state index contributed by atoms with van der Waals surface area (Å²) in [5, 5.41) is 22.4. The first-order valence-electron chi connectivity index (χ1n) is 5.65. The average Bonchev–Trinajstić information content (AvgIpc) is 2.42. The first-order valence-corrected chi connectivity index (χ1v) is 5.65. The van der Waals surface area contributed by atoms with Crippen LogP contribution in [0.3, 0.4) is 0 Å². The lowest BCUT2D eigenvalue weighted by molar-refractivity contribution is 1.05. The Bertz CT molecular complexity index is 742. The number of fused-ring (bicyclic) bond motifs is 3. The van der Waals surface area contributed by atoms with Gasteiger partial charge in [0.2, 0.25) is 0 Å². The van der Waals surface area contributed by atoms with Crippen LogP contribution in [0.25, 0.3) is 32.3 Å². The zero-order valence-corrected chi connectivity index (χ0v) is 9.41. The minimum absolute atomic E-state index is 1.10. The maximum Gasteiger partial charge on any atom is 0.0574 e. The van der Waals surface area contributed by atoms with Gasteiger partial charge in [0.1, 0.15) is 0 Å². The highest BCUT2D eigenvalue weighted by Gasteiger charge is 2.01. The summed E-state index contributed by atoms with van der Waals surface area (Å²) in [4.78, 5) is 0. The van der Waals surface area contributed by atoms with Gasteiger partial charge in [-0.2, -0.15) is 20.4 Å². The molecule has 0 aliphatic carbocycles.